The number of hydrogen-bond acceptors (Lipinski definition) is 5. The summed E-state index contributed by atoms with van der Waals surface area (Å²) in [4.78, 5) is 13.7. The van der Waals surface area contributed by atoms with E-state index in [0.717, 1.165) is 34.9 Å². The molecule has 29 heavy (non-hydrogen) atoms. The first-order chi connectivity index (χ1) is 13.4. The van der Waals surface area contributed by atoms with E-state index in [1.54, 1.807) is 4.79 Å². The minimum Gasteiger partial charge on any atom is -0.369 e. The quantitative estimate of drug-likeness (QED) is 0.686. The Morgan fingerprint density at radius 3 is 2.52 bits per heavy atom. The van der Waals surface area contributed by atoms with E-state index in [4.69, 9.17) is 10.1 Å². The molecule has 6 heteroatoms. The predicted molar refractivity (Wildman–Crippen MR) is 120 cm³/mol. The second-order valence-corrected chi connectivity index (χ2v) is 10.2. The number of nitrogens with zero attached hydrogens (tertiary/aromatic N) is 6. The fourth-order valence-electron chi connectivity index (χ4n) is 4.42. The average molecular weight is 393 g/mol. The Morgan fingerprint density at radius 2 is 1.86 bits per heavy atom. The van der Waals surface area contributed by atoms with Crippen molar-refractivity contribution >= 4 is 22.8 Å². The van der Waals surface area contributed by atoms with Crippen LogP contribution < -0.4 is 4.90 Å². The van der Waals surface area contributed by atoms with Gasteiger partial charge in [0, 0.05) is 23.7 Å². The van der Waals surface area contributed by atoms with E-state index in [9.17, 15) is 0 Å². The molecule has 0 aliphatic carbocycles. The molecule has 154 valence electrons. The third kappa shape index (κ3) is 3.18. The molecule has 1 atom stereocenters. The molecule has 0 N–H and O–H groups in total. The van der Waals surface area contributed by atoms with Gasteiger partial charge in [-0.05, 0) is 63.3 Å². The Bertz CT molecular complexity index is 1050. The van der Waals surface area contributed by atoms with E-state index in [1.807, 2.05) is 6.92 Å². The van der Waals surface area contributed by atoms with Gasteiger partial charge in [0.25, 0.3) is 0 Å². The summed E-state index contributed by atoms with van der Waals surface area (Å²) < 4.78 is 0. The Labute approximate surface area is 173 Å². The normalized spacial score (nSPS) is 22.0. The van der Waals surface area contributed by atoms with Gasteiger partial charge in [-0.25, -0.2) is 9.98 Å². The molecule has 0 amide bonds. The molecule has 2 aromatic rings. The third-order valence-corrected chi connectivity index (χ3v) is 6.22. The van der Waals surface area contributed by atoms with Crippen molar-refractivity contribution in [2.24, 2.45) is 15.5 Å². The minimum absolute atomic E-state index is 0.144. The Kier molecular flexibility index (Phi) is 4.27. The summed E-state index contributed by atoms with van der Waals surface area (Å²) in [5.41, 5.74) is 6.59. The van der Waals surface area contributed by atoms with Crippen molar-refractivity contribution in [3.8, 4) is 0 Å². The molecule has 6 nitrogen and oxygen atoms in total. The van der Waals surface area contributed by atoms with Gasteiger partial charge in [0.1, 0.15) is 5.71 Å². The molecule has 0 saturated heterocycles. The molecule has 0 spiro atoms. The van der Waals surface area contributed by atoms with Gasteiger partial charge in [-0.15, -0.1) is 9.89 Å². The number of anilines is 1. The first kappa shape index (κ1) is 19.8. The van der Waals surface area contributed by atoms with Gasteiger partial charge < -0.3 is 4.90 Å². The molecule has 2 aliphatic heterocycles. The van der Waals surface area contributed by atoms with Gasteiger partial charge in [0.2, 0.25) is 5.82 Å². The second kappa shape index (κ2) is 6.25. The van der Waals surface area contributed by atoms with Crippen molar-refractivity contribution in [2.45, 2.75) is 73.3 Å². The molecule has 0 saturated carbocycles. The summed E-state index contributed by atoms with van der Waals surface area (Å²) in [5.74, 6) is 1.93. The van der Waals surface area contributed by atoms with Crippen molar-refractivity contribution in [3.05, 3.63) is 34.9 Å². The van der Waals surface area contributed by atoms with Crippen LogP contribution in [0.2, 0.25) is 0 Å². The maximum atomic E-state index is 5.11. The lowest BCUT2D eigenvalue weighted by atomic mass is 9.80. The van der Waals surface area contributed by atoms with Gasteiger partial charge in [0.15, 0.2) is 5.82 Å². The summed E-state index contributed by atoms with van der Waals surface area (Å²) in [6, 6.07) is 4.55. The number of rotatable bonds is 1. The van der Waals surface area contributed by atoms with Gasteiger partial charge in [-0.3, -0.25) is 0 Å². The summed E-state index contributed by atoms with van der Waals surface area (Å²) >= 11 is 0. The molecule has 4 rings (SSSR count). The summed E-state index contributed by atoms with van der Waals surface area (Å²) in [5, 5.41) is 9.11. The van der Waals surface area contributed by atoms with E-state index in [2.05, 4.69) is 82.6 Å². The highest BCUT2D eigenvalue weighted by Crippen LogP contribution is 2.45. The number of benzene rings is 1. The van der Waals surface area contributed by atoms with Crippen molar-refractivity contribution in [2.75, 3.05) is 11.9 Å². The minimum atomic E-state index is -0.144. The smallest absolute Gasteiger partial charge is 0.204 e. The maximum absolute atomic E-state index is 5.11. The highest BCUT2D eigenvalue weighted by Gasteiger charge is 2.36. The number of hydrogen-bond donors (Lipinski definition) is 0. The van der Waals surface area contributed by atoms with Crippen molar-refractivity contribution in [1.82, 2.24) is 14.9 Å². The second-order valence-electron chi connectivity index (χ2n) is 10.2. The van der Waals surface area contributed by atoms with E-state index in [-0.39, 0.29) is 11.0 Å². The summed E-state index contributed by atoms with van der Waals surface area (Å²) in [7, 11) is 2.20. The monoisotopic (exact) mass is 392 g/mol. The molecule has 1 unspecified atom stereocenters. The zero-order valence-corrected chi connectivity index (χ0v) is 19.1. The van der Waals surface area contributed by atoms with E-state index >= 15 is 0 Å². The van der Waals surface area contributed by atoms with Crippen LogP contribution in [-0.4, -0.2) is 38.9 Å². The Hall–Kier alpha value is -2.50. The predicted octanol–water partition coefficient (Wildman–Crippen LogP) is 5.00. The highest BCUT2D eigenvalue weighted by atomic mass is 15.6. The van der Waals surface area contributed by atoms with E-state index < -0.39 is 0 Å². The number of aromatic nitrogens is 3. The van der Waals surface area contributed by atoms with Gasteiger partial charge in [-0.2, -0.15) is 5.10 Å². The van der Waals surface area contributed by atoms with Crippen molar-refractivity contribution in [1.29, 1.82) is 0 Å². The first-order valence-corrected chi connectivity index (χ1v) is 10.4. The van der Waals surface area contributed by atoms with Crippen molar-refractivity contribution in [3.63, 3.8) is 0 Å². The molecule has 1 aromatic carbocycles. The molecule has 2 aliphatic rings. The van der Waals surface area contributed by atoms with Gasteiger partial charge in [-0.1, -0.05) is 27.7 Å². The van der Waals surface area contributed by atoms with E-state index in [0.29, 0.717) is 11.7 Å². The van der Waals surface area contributed by atoms with Gasteiger partial charge >= 0.3 is 0 Å². The summed E-state index contributed by atoms with van der Waals surface area (Å²) in [6.45, 7) is 17.4. The van der Waals surface area contributed by atoms with Crippen LogP contribution in [0, 0.1) is 19.3 Å². The number of fused-ring (bicyclic) bond motifs is 2. The topological polar surface area (TPSA) is 58.7 Å². The maximum Gasteiger partial charge on any atom is 0.204 e. The fourth-order valence-corrected chi connectivity index (χ4v) is 4.42. The van der Waals surface area contributed by atoms with E-state index in [1.165, 1.54) is 11.3 Å². The van der Waals surface area contributed by atoms with Crippen molar-refractivity contribution < 1.29 is 0 Å². The SMILES string of the molecule is Cc1nc2n(n1)N=C(C(C)(C)C)C2=Nc1cc2c(cc1C)N(C)C(C)(C)CC2C. The molecular formula is C23H32N6. The zero-order valence-electron chi connectivity index (χ0n) is 19.1. The van der Waals surface area contributed by atoms with Gasteiger partial charge in [0.05, 0.1) is 11.4 Å². The van der Waals surface area contributed by atoms with Crippen LogP contribution in [0.5, 0.6) is 0 Å². The highest BCUT2D eigenvalue weighted by molar-refractivity contribution is 6.50. The molecule has 1 aromatic heterocycles. The van der Waals surface area contributed by atoms with Crippen LogP contribution in [-0.2, 0) is 0 Å². The average Bonchev–Trinajstić information content (AvgIpc) is 3.10. The van der Waals surface area contributed by atoms with Crippen LogP contribution >= 0.6 is 0 Å². The molecule has 0 bridgehead atoms. The largest absolute Gasteiger partial charge is 0.369 e. The van der Waals surface area contributed by atoms with Crippen LogP contribution in [0.25, 0.3) is 0 Å². The molecule has 0 radical (unpaired) electrons. The Morgan fingerprint density at radius 1 is 1.17 bits per heavy atom. The lowest BCUT2D eigenvalue weighted by Crippen LogP contribution is -2.45. The number of aryl methyl sites for hydroxylation is 2. The summed E-state index contributed by atoms with van der Waals surface area (Å²) in [6.07, 6.45) is 1.12. The standard InChI is InChI=1S/C23H32N6/c1-13-10-18-16(14(2)12-23(7,8)28(18)9)11-17(13)25-19-20(22(4,5)6)27-29-21(19)24-15(3)26-29/h10-11,14H,12H2,1-9H3. The molecule has 3 heterocycles. The van der Waals surface area contributed by atoms with Crippen LogP contribution in [0.4, 0.5) is 11.4 Å². The molecular weight excluding hydrogens is 360 g/mol. The number of aliphatic imine (C=N–C) groups is 1. The Balaban J connectivity index is 1.87. The zero-order chi connectivity index (χ0) is 21.3. The first-order valence-electron chi connectivity index (χ1n) is 10.4. The third-order valence-electron chi connectivity index (χ3n) is 6.22. The van der Waals surface area contributed by atoms with Crippen LogP contribution in [0.1, 0.15) is 76.7 Å². The van der Waals surface area contributed by atoms with Crippen LogP contribution in [0.3, 0.4) is 0 Å². The van der Waals surface area contributed by atoms with Crippen LogP contribution in [0.15, 0.2) is 22.2 Å². The fraction of sp³-hybridized carbons (Fsp3) is 0.565. The lowest BCUT2D eigenvalue weighted by molar-refractivity contribution is 0.395. The molecule has 0 fully saturated rings. The lowest BCUT2D eigenvalue weighted by Gasteiger charge is -2.45.